The molecule has 9 heteroatoms. The number of rotatable bonds is 6. The van der Waals surface area contributed by atoms with Gasteiger partial charge in [0.1, 0.15) is 12.3 Å². The molecule has 4 nitrogen and oxygen atoms in total. The van der Waals surface area contributed by atoms with Gasteiger partial charge in [0.05, 0.1) is 25.7 Å². The summed E-state index contributed by atoms with van der Waals surface area (Å²) in [5.41, 5.74) is 1.36. The van der Waals surface area contributed by atoms with Crippen molar-refractivity contribution < 1.29 is 50.8 Å². The van der Waals surface area contributed by atoms with E-state index in [1.54, 1.807) is 24.3 Å². The topological polar surface area (TPSA) is 42.2 Å². The van der Waals surface area contributed by atoms with Gasteiger partial charge in [-0.1, -0.05) is 30.2 Å². The van der Waals surface area contributed by atoms with E-state index in [1.165, 1.54) is 44.2 Å². The molecule has 1 fully saturated rings. The monoisotopic (exact) mass is 632 g/mol. The van der Waals surface area contributed by atoms with Crippen LogP contribution in [0, 0.1) is 0 Å². The fourth-order valence-corrected chi connectivity index (χ4v) is 4.92. The van der Waals surface area contributed by atoms with Crippen LogP contribution in [0.5, 0.6) is 0 Å². The molecular formula is C27H29ClF3IN2O2. The summed E-state index contributed by atoms with van der Waals surface area (Å²) in [5.74, 6) is -2.27. The highest BCUT2D eigenvalue weighted by Crippen LogP contribution is 2.38. The highest BCUT2D eigenvalue weighted by molar-refractivity contribution is 6.30. The molecular weight excluding hydrogens is 604 g/mol. The van der Waals surface area contributed by atoms with Gasteiger partial charge in [0.15, 0.2) is 0 Å². The lowest BCUT2D eigenvalue weighted by molar-refractivity contribution is -0.929. The quantitative estimate of drug-likeness (QED) is 0.314. The Hall–Kier alpha value is -2.04. The molecule has 0 radical (unpaired) electrons. The van der Waals surface area contributed by atoms with Crippen LogP contribution in [-0.2, 0) is 12.7 Å². The molecule has 1 saturated carbocycles. The SMILES string of the molecule is C[N+](C)(Cc1ccc(NC(=O)c2cc(-c3ccc(Cl)cc3)oc2C(F)(F)F)cc1)C1CCCCC1.[I-]. The highest BCUT2D eigenvalue weighted by Gasteiger charge is 2.40. The van der Waals surface area contributed by atoms with Crippen LogP contribution < -0.4 is 29.3 Å². The lowest BCUT2D eigenvalue weighted by Gasteiger charge is -2.40. The molecule has 1 aromatic heterocycles. The third-order valence-electron chi connectivity index (χ3n) is 6.73. The number of furan rings is 1. The fraction of sp³-hybridized carbons (Fsp3) is 0.370. The molecule has 1 heterocycles. The molecule has 0 bridgehead atoms. The van der Waals surface area contributed by atoms with E-state index in [4.69, 9.17) is 16.0 Å². The van der Waals surface area contributed by atoms with Crippen molar-refractivity contribution in [3.8, 4) is 11.3 Å². The molecule has 0 atom stereocenters. The van der Waals surface area contributed by atoms with E-state index < -0.39 is 23.4 Å². The maximum atomic E-state index is 13.6. The first kappa shape index (κ1) is 28.5. The summed E-state index contributed by atoms with van der Waals surface area (Å²) in [6.45, 7) is 0.850. The zero-order valence-electron chi connectivity index (χ0n) is 20.2. The van der Waals surface area contributed by atoms with Gasteiger partial charge in [0.25, 0.3) is 5.91 Å². The molecule has 2 aromatic carbocycles. The van der Waals surface area contributed by atoms with Gasteiger partial charge in [-0.3, -0.25) is 4.79 Å². The summed E-state index contributed by atoms with van der Waals surface area (Å²) in [7, 11) is 4.48. The van der Waals surface area contributed by atoms with Crippen LogP contribution in [0.15, 0.2) is 59.0 Å². The van der Waals surface area contributed by atoms with E-state index in [0.717, 1.165) is 22.7 Å². The number of carbonyl (C=O) groups excluding carboxylic acids is 1. The van der Waals surface area contributed by atoms with Gasteiger partial charge in [0, 0.05) is 21.8 Å². The van der Waals surface area contributed by atoms with E-state index in [1.807, 2.05) is 12.1 Å². The predicted molar refractivity (Wildman–Crippen MR) is 131 cm³/mol. The number of nitrogens with zero attached hydrogens (tertiary/aromatic N) is 1. The summed E-state index contributed by atoms with van der Waals surface area (Å²) in [6.07, 6.45) is 1.48. The van der Waals surface area contributed by atoms with E-state index in [2.05, 4.69) is 19.4 Å². The Morgan fingerprint density at radius 2 is 1.64 bits per heavy atom. The fourth-order valence-electron chi connectivity index (χ4n) is 4.80. The Labute approximate surface area is 231 Å². The number of amides is 1. The van der Waals surface area contributed by atoms with Gasteiger partial charge in [-0.05, 0) is 68.1 Å². The van der Waals surface area contributed by atoms with Crippen LogP contribution in [0.25, 0.3) is 11.3 Å². The Balaban J connectivity index is 0.00000361. The lowest BCUT2D eigenvalue weighted by Crippen LogP contribution is -3.00. The minimum Gasteiger partial charge on any atom is -1.00 e. The van der Waals surface area contributed by atoms with Gasteiger partial charge in [0.2, 0.25) is 5.76 Å². The minimum atomic E-state index is -4.82. The van der Waals surface area contributed by atoms with Crippen LogP contribution in [0.3, 0.4) is 0 Å². The number of anilines is 1. The average Bonchev–Trinajstić information content (AvgIpc) is 3.28. The number of carbonyl (C=O) groups is 1. The Morgan fingerprint density at radius 3 is 2.22 bits per heavy atom. The van der Waals surface area contributed by atoms with Gasteiger partial charge >= 0.3 is 6.18 Å². The van der Waals surface area contributed by atoms with Gasteiger partial charge in [-0.15, -0.1) is 0 Å². The van der Waals surface area contributed by atoms with Crippen molar-refractivity contribution in [2.45, 2.75) is 50.9 Å². The van der Waals surface area contributed by atoms with Crippen LogP contribution >= 0.6 is 11.6 Å². The lowest BCUT2D eigenvalue weighted by atomic mass is 9.92. The second-order valence-corrected chi connectivity index (χ2v) is 10.2. The molecule has 1 aliphatic carbocycles. The summed E-state index contributed by atoms with van der Waals surface area (Å²) >= 11 is 5.86. The number of alkyl halides is 3. The minimum absolute atomic E-state index is 0. The maximum Gasteiger partial charge on any atom is 0.450 e. The molecule has 0 aliphatic heterocycles. The first-order valence-corrected chi connectivity index (χ1v) is 12.1. The highest BCUT2D eigenvalue weighted by atomic mass is 127. The standard InChI is InChI=1S/C27H28ClF3N2O2.HI/c1-33(2,22-6-4-3-5-7-22)17-18-8-14-21(15-9-18)32-26(34)23-16-24(35-25(23)27(29,30)31)19-10-12-20(28)13-11-19;/h8-16,22H,3-7,17H2,1-2H3;1H. The van der Waals surface area contributed by atoms with E-state index in [0.29, 0.717) is 22.3 Å². The van der Waals surface area contributed by atoms with Crippen LogP contribution in [-0.4, -0.2) is 30.5 Å². The summed E-state index contributed by atoms with van der Waals surface area (Å²) in [6, 6.07) is 15.2. The van der Waals surface area contributed by atoms with Crippen LogP contribution in [0.1, 0.15) is 53.8 Å². The molecule has 4 rings (SSSR count). The van der Waals surface area contributed by atoms with Crippen molar-refractivity contribution in [3.05, 3.63) is 76.5 Å². The Morgan fingerprint density at radius 1 is 1.03 bits per heavy atom. The predicted octanol–water partition coefficient (Wildman–Crippen LogP) is 4.78. The van der Waals surface area contributed by atoms with Crippen molar-refractivity contribution >= 4 is 23.2 Å². The maximum absolute atomic E-state index is 13.6. The molecule has 1 amide bonds. The smallest absolute Gasteiger partial charge is 0.450 e. The number of hydrogen-bond donors (Lipinski definition) is 1. The molecule has 36 heavy (non-hydrogen) atoms. The first-order valence-electron chi connectivity index (χ1n) is 11.7. The molecule has 194 valence electrons. The second-order valence-electron chi connectivity index (χ2n) is 9.74. The summed E-state index contributed by atoms with van der Waals surface area (Å²) < 4.78 is 46.8. The Kier molecular flexibility index (Phi) is 9.16. The van der Waals surface area contributed by atoms with Gasteiger partial charge in [-0.2, -0.15) is 13.2 Å². The third kappa shape index (κ3) is 6.83. The van der Waals surface area contributed by atoms with Crippen LogP contribution in [0.4, 0.5) is 18.9 Å². The summed E-state index contributed by atoms with van der Waals surface area (Å²) in [5, 5.41) is 3.02. The van der Waals surface area contributed by atoms with Gasteiger partial charge < -0.3 is 38.2 Å². The van der Waals surface area contributed by atoms with Crippen molar-refractivity contribution in [3.63, 3.8) is 0 Å². The molecule has 0 spiro atoms. The number of halogens is 5. The number of quaternary nitrogens is 1. The molecule has 0 unspecified atom stereocenters. The number of benzene rings is 2. The molecule has 1 aliphatic rings. The number of nitrogens with one attached hydrogen (secondary N) is 1. The van der Waals surface area contributed by atoms with Crippen molar-refractivity contribution in [2.75, 3.05) is 19.4 Å². The third-order valence-corrected chi connectivity index (χ3v) is 6.98. The zero-order valence-corrected chi connectivity index (χ0v) is 23.1. The molecule has 3 aromatic rings. The largest absolute Gasteiger partial charge is 1.00 e. The van der Waals surface area contributed by atoms with Crippen molar-refractivity contribution in [2.24, 2.45) is 0 Å². The average molecular weight is 633 g/mol. The zero-order chi connectivity index (χ0) is 25.2. The summed E-state index contributed by atoms with van der Waals surface area (Å²) in [4.78, 5) is 12.8. The molecule has 1 N–H and O–H groups in total. The number of hydrogen-bond acceptors (Lipinski definition) is 2. The Bertz CT molecular complexity index is 1170. The van der Waals surface area contributed by atoms with E-state index in [-0.39, 0.29) is 29.7 Å². The van der Waals surface area contributed by atoms with Crippen molar-refractivity contribution in [1.82, 2.24) is 0 Å². The van der Waals surface area contributed by atoms with Gasteiger partial charge in [-0.25, -0.2) is 0 Å². The molecule has 0 saturated heterocycles. The van der Waals surface area contributed by atoms with E-state index in [9.17, 15) is 18.0 Å². The van der Waals surface area contributed by atoms with E-state index >= 15 is 0 Å². The normalized spacial score (nSPS) is 14.8. The first-order chi connectivity index (χ1) is 16.5. The second kappa shape index (κ2) is 11.6. The van der Waals surface area contributed by atoms with Crippen LogP contribution in [0.2, 0.25) is 5.02 Å². The van der Waals surface area contributed by atoms with Crippen molar-refractivity contribution in [1.29, 1.82) is 0 Å².